The van der Waals surface area contributed by atoms with E-state index in [4.69, 9.17) is 18.9 Å². The molecule has 0 aliphatic heterocycles. The summed E-state index contributed by atoms with van der Waals surface area (Å²) in [6.45, 7) is 4.22. The molecule has 0 radical (unpaired) electrons. The highest BCUT2D eigenvalue weighted by Gasteiger charge is 2.24. The molecule has 0 bridgehead atoms. The van der Waals surface area contributed by atoms with Crippen molar-refractivity contribution in [2.45, 2.75) is 64.7 Å². The van der Waals surface area contributed by atoms with Crippen LogP contribution in [0.15, 0.2) is 72.8 Å². The van der Waals surface area contributed by atoms with E-state index in [9.17, 15) is 63.6 Å². The fourth-order valence-corrected chi connectivity index (χ4v) is 8.91. The van der Waals surface area contributed by atoms with Gasteiger partial charge in [0.25, 0.3) is 23.6 Å². The second-order valence-electron chi connectivity index (χ2n) is 19.7. The summed E-state index contributed by atoms with van der Waals surface area (Å²) < 4.78 is 20.3. The van der Waals surface area contributed by atoms with Gasteiger partial charge in [0.2, 0.25) is 0 Å². The molecule has 4 aromatic carbocycles. The standard InChI is InChI=1S/C61H80N6O17/c1-41(68)40-84-39-12-25-53(72)45-17-8-21-49(57(45)76)61(80)65-29-35-67(34-28-64-60(79)48-20-7-16-44(56(48)75)52(71)24-11-38-83-4)31-13-30-66(32-26-62-58(77)46-18-5-14-42(54(46)73)50(69)22-9-36-81-2)33-27-63-59(78)47-19-6-15-43(55(47)74)51(70)23-10-37-82-3/h5-8,14-21,73-76H,9-13,22-40H2,1-4H3,(H,62,77)(H,63,78)(H,64,79)(H,65,80). The van der Waals surface area contributed by atoms with Crippen LogP contribution in [-0.2, 0) is 23.7 Å². The van der Waals surface area contributed by atoms with Gasteiger partial charge in [0.15, 0.2) is 28.9 Å². The van der Waals surface area contributed by atoms with Crippen molar-refractivity contribution in [1.29, 1.82) is 0 Å². The van der Waals surface area contributed by atoms with Crippen molar-refractivity contribution in [3.63, 3.8) is 0 Å². The number of ether oxygens (including phenoxy) is 4. The zero-order valence-corrected chi connectivity index (χ0v) is 48.4. The zero-order valence-electron chi connectivity index (χ0n) is 48.4. The highest BCUT2D eigenvalue weighted by molar-refractivity contribution is 6.07. The molecule has 4 amide bonds. The maximum absolute atomic E-state index is 13.5. The Balaban J connectivity index is 1.51. The third-order valence-electron chi connectivity index (χ3n) is 13.4. The van der Waals surface area contributed by atoms with Crippen LogP contribution in [0.25, 0.3) is 0 Å². The Morgan fingerprint density at radius 3 is 0.869 bits per heavy atom. The van der Waals surface area contributed by atoms with Crippen LogP contribution in [0.2, 0.25) is 0 Å². The maximum atomic E-state index is 13.5. The van der Waals surface area contributed by atoms with E-state index in [1.165, 1.54) is 101 Å². The lowest BCUT2D eigenvalue weighted by molar-refractivity contribution is -0.121. The van der Waals surface area contributed by atoms with Gasteiger partial charge in [-0.25, -0.2) is 0 Å². The number of nitrogens with zero attached hydrogens (tertiary/aromatic N) is 2. The van der Waals surface area contributed by atoms with Crippen molar-refractivity contribution in [3.05, 3.63) is 117 Å². The highest BCUT2D eigenvalue weighted by Crippen LogP contribution is 2.28. The minimum Gasteiger partial charge on any atom is -0.506 e. The van der Waals surface area contributed by atoms with Crippen LogP contribution in [0.4, 0.5) is 0 Å². The SMILES string of the molecule is COCCCC(=O)c1cccc(C(=O)NCCN(CCCN(CCNC(=O)c2cccc(C(=O)CCCOC)c2O)CCNC(=O)c2cccc(C(=O)CCCOCC(C)=O)c2O)CCNC(=O)c2cccc(C(=O)CCCOC)c2O)c1O. The number of para-hydroxylation sites is 4. The zero-order chi connectivity index (χ0) is 61.4. The number of ketones is 5. The van der Waals surface area contributed by atoms with E-state index in [-0.39, 0.29) is 165 Å². The summed E-state index contributed by atoms with van der Waals surface area (Å²) in [5.41, 5.74) is -0.494. The molecule has 4 rings (SSSR count). The van der Waals surface area contributed by atoms with E-state index in [0.29, 0.717) is 58.6 Å². The molecule has 0 unspecified atom stereocenters. The third-order valence-corrected chi connectivity index (χ3v) is 13.4. The second-order valence-corrected chi connectivity index (χ2v) is 19.7. The summed E-state index contributed by atoms with van der Waals surface area (Å²) in [5, 5.41) is 55.2. The van der Waals surface area contributed by atoms with Gasteiger partial charge in [-0.2, -0.15) is 0 Å². The molecular weight excluding hydrogens is 1090 g/mol. The average molecular weight is 1170 g/mol. The van der Waals surface area contributed by atoms with E-state index >= 15 is 0 Å². The number of phenols is 4. The molecule has 0 aromatic heterocycles. The molecule has 23 heteroatoms. The minimum absolute atomic E-state index is 0.000760. The third kappa shape index (κ3) is 22.3. The summed E-state index contributed by atoms with van der Waals surface area (Å²) in [4.78, 5) is 121. The Labute approximate surface area is 489 Å². The lowest BCUT2D eigenvalue weighted by atomic mass is 10.0. The van der Waals surface area contributed by atoms with Crippen LogP contribution < -0.4 is 21.3 Å². The first-order valence-electron chi connectivity index (χ1n) is 28.0. The van der Waals surface area contributed by atoms with Crippen molar-refractivity contribution < 1.29 is 82.5 Å². The number of carbonyl (C=O) groups excluding carboxylic acids is 9. The summed E-state index contributed by atoms with van der Waals surface area (Å²) in [7, 11) is 4.53. The second kappa shape index (κ2) is 37.3. The van der Waals surface area contributed by atoms with Crippen LogP contribution in [0.1, 0.15) is 148 Å². The summed E-state index contributed by atoms with van der Waals surface area (Å²) in [6.07, 6.45) is 2.27. The number of benzene rings is 4. The Hall–Kier alpha value is -7.93. The molecule has 0 fully saturated rings. The average Bonchev–Trinajstić information content (AvgIpc) is 3.49. The normalized spacial score (nSPS) is 11.1. The Bertz CT molecular complexity index is 2790. The molecule has 8 N–H and O–H groups in total. The topological polar surface area (TPSA) is 326 Å². The Morgan fingerprint density at radius 2 is 0.619 bits per heavy atom. The smallest absolute Gasteiger partial charge is 0.255 e. The molecule has 0 atom stereocenters. The lowest BCUT2D eigenvalue weighted by Gasteiger charge is -2.26. The molecule has 0 aliphatic carbocycles. The molecule has 0 spiro atoms. The van der Waals surface area contributed by atoms with Crippen molar-refractivity contribution in [1.82, 2.24) is 31.1 Å². The predicted octanol–water partition coefficient (Wildman–Crippen LogP) is 4.92. The number of Topliss-reactive ketones (excluding diaryl/α,β-unsaturated/α-hetero) is 5. The van der Waals surface area contributed by atoms with Crippen molar-refractivity contribution in [2.75, 3.05) is 120 Å². The summed E-state index contributed by atoms with van der Waals surface area (Å²) >= 11 is 0. The molecule has 84 heavy (non-hydrogen) atoms. The number of carbonyl (C=O) groups is 9. The Kier molecular flexibility index (Phi) is 30.5. The largest absolute Gasteiger partial charge is 0.506 e. The summed E-state index contributed by atoms with van der Waals surface area (Å²) in [6, 6.07) is 17.3. The van der Waals surface area contributed by atoms with Gasteiger partial charge < -0.3 is 60.6 Å². The van der Waals surface area contributed by atoms with Crippen molar-refractivity contribution in [2.24, 2.45) is 0 Å². The van der Waals surface area contributed by atoms with Crippen LogP contribution in [0.5, 0.6) is 23.0 Å². The lowest BCUT2D eigenvalue weighted by Crippen LogP contribution is -2.42. The number of hydrogen-bond donors (Lipinski definition) is 8. The Morgan fingerprint density at radius 1 is 0.369 bits per heavy atom. The molecule has 23 nitrogen and oxygen atoms in total. The van der Waals surface area contributed by atoms with Gasteiger partial charge in [0.05, 0.1) is 44.5 Å². The predicted molar refractivity (Wildman–Crippen MR) is 311 cm³/mol. The van der Waals surface area contributed by atoms with E-state index < -0.39 is 52.4 Å². The van der Waals surface area contributed by atoms with Gasteiger partial charge in [0, 0.05) is 126 Å². The number of phenolic OH excluding ortho intramolecular Hbond substituents is 4. The number of aromatic hydroxyl groups is 4. The van der Waals surface area contributed by atoms with Gasteiger partial charge in [-0.15, -0.1) is 0 Å². The van der Waals surface area contributed by atoms with Crippen molar-refractivity contribution in [3.8, 4) is 23.0 Å². The fourth-order valence-electron chi connectivity index (χ4n) is 8.91. The van der Waals surface area contributed by atoms with E-state index in [2.05, 4.69) is 21.3 Å². The van der Waals surface area contributed by atoms with E-state index in [1.807, 2.05) is 9.80 Å². The molecule has 0 saturated carbocycles. The molecule has 0 heterocycles. The number of hydrogen-bond acceptors (Lipinski definition) is 19. The van der Waals surface area contributed by atoms with Crippen LogP contribution >= 0.6 is 0 Å². The maximum Gasteiger partial charge on any atom is 0.255 e. The van der Waals surface area contributed by atoms with Gasteiger partial charge in [0.1, 0.15) is 29.6 Å². The van der Waals surface area contributed by atoms with Gasteiger partial charge in [-0.3, -0.25) is 53.0 Å². The van der Waals surface area contributed by atoms with E-state index in [0.717, 1.165) is 0 Å². The minimum atomic E-state index is -0.662. The van der Waals surface area contributed by atoms with Gasteiger partial charge in [-0.1, -0.05) is 24.3 Å². The van der Waals surface area contributed by atoms with Crippen LogP contribution in [0, 0.1) is 0 Å². The first kappa shape index (κ1) is 68.6. The molecular formula is C61H80N6O17. The highest BCUT2D eigenvalue weighted by atomic mass is 16.5. The number of nitrogens with one attached hydrogen (secondary N) is 4. The number of amides is 4. The molecule has 0 saturated heterocycles. The summed E-state index contributed by atoms with van der Waals surface area (Å²) in [5.74, 6) is -6.09. The van der Waals surface area contributed by atoms with Gasteiger partial charge in [-0.05, 0) is 101 Å². The monoisotopic (exact) mass is 1170 g/mol. The number of methoxy groups -OCH3 is 3. The first-order valence-corrected chi connectivity index (χ1v) is 28.0. The number of rotatable bonds is 42. The van der Waals surface area contributed by atoms with Crippen LogP contribution in [-0.4, -0.2) is 203 Å². The molecule has 4 aromatic rings. The molecule has 0 aliphatic rings. The quantitative estimate of drug-likeness (QED) is 0.0216. The van der Waals surface area contributed by atoms with Gasteiger partial charge >= 0.3 is 0 Å². The van der Waals surface area contributed by atoms with Crippen molar-refractivity contribution >= 4 is 52.5 Å². The van der Waals surface area contributed by atoms with Crippen LogP contribution in [0.3, 0.4) is 0 Å². The van der Waals surface area contributed by atoms with E-state index in [1.54, 1.807) is 0 Å². The molecule has 456 valence electrons. The fraction of sp³-hybridized carbons (Fsp3) is 0.459. The first-order chi connectivity index (χ1) is 40.4.